The van der Waals surface area contributed by atoms with Gasteiger partial charge in [0.05, 0.1) is 0 Å². The number of hydrogen-bond donors (Lipinski definition) is 3. The van der Waals surface area contributed by atoms with Crippen LogP contribution < -0.4 is 40.4 Å². The topological polar surface area (TPSA) is 66.0 Å². The minimum Gasteiger partial charge on any atom is -1.00 e. The highest BCUT2D eigenvalue weighted by atomic mass is 127. The van der Waals surface area contributed by atoms with Crippen LogP contribution >= 0.6 is 21.6 Å². The lowest BCUT2D eigenvalue weighted by molar-refractivity contribution is -0.468. The van der Waals surface area contributed by atoms with Gasteiger partial charge in [-0.15, -0.1) is 0 Å². The Morgan fingerprint density at radius 3 is 2.38 bits per heavy atom. The van der Waals surface area contributed by atoms with Crippen molar-refractivity contribution in [3.05, 3.63) is 0 Å². The molecule has 5 N–H and O–H groups in total. The molecule has 0 amide bonds. The summed E-state index contributed by atoms with van der Waals surface area (Å²) in [5.41, 5.74) is 10.6. The average Bonchev–Trinajstić information content (AvgIpc) is 1.87. The Kier molecular flexibility index (Phi) is 4.21. The molecule has 1 aliphatic heterocycles. The molecule has 1 heterocycles. The molecular formula is C2H6IN3S2. The van der Waals surface area contributed by atoms with E-state index in [1.54, 1.807) is 0 Å². The number of nitrogens with two attached hydrogens (primary N) is 2. The zero-order chi connectivity index (χ0) is 5.28. The Morgan fingerprint density at radius 1 is 1.62 bits per heavy atom. The molecule has 0 saturated heterocycles. The summed E-state index contributed by atoms with van der Waals surface area (Å²) in [4.78, 5) is 2.81. The largest absolute Gasteiger partial charge is 1.00 e. The van der Waals surface area contributed by atoms with E-state index in [1.165, 1.54) is 21.6 Å². The molecule has 0 aromatic heterocycles. The van der Waals surface area contributed by atoms with E-state index in [1.807, 2.05) is 0 Å². The highest BCUT2D eigenvalue weighted by Crippen LogP contribution is 2.21. The summed E-state index contributed by atoms with van der Waals surface area (Å²) >= 11 is 0. The van der Waals surface area contributed by atoms with Gasteiger partial charge in [0, 0.05) is 10.8 Å². The Morgan fingerprint density at radius 2 is 2.25 bits per heavy atom. The molecule has 0 bridgehead atoms. The minimum atomic E-state index is -0.00926. The first-order valence-electron chi connectivity index (χ1n) is 1.77. The summed E-state index contributed by atoms with van der Waals surface area (Å²) in [6.45, 7) is 0. The molecule has 1 rings (SSSR count). The smallest absolute Gasteiger partial charge is 0.314 e. The van der Waals surface area contributed by atoms with Crippen LogP contribution in [0, 0.1) is 0 Å². The summed E-state index contributed by atoms with van der Waals surface area (Å²) in [6, 6.07) is 0. The van der Waals surface area contributed by atoms with Crippen LogP contribution in [0.25, 0.3) is 0 Å². The van der Waals surface area contributed by atoms with Crippen LogP contribution in [0.5, 0.6) is 0 Å². The van der Waals surface area contributed by atoms with E-state index < -0.39 is 0 Å². The van der Waals surface area contributed by atoms with Gasteiger partial charge in [-0.05, 0) is 10.8 Å². The lowest BCUT2D eigenvalue weighted by Gasteiger charge is -1.84. The molecule has 0 spiro atoms. The molecule has 0 saturated carbocycles. The number of hydrogen-bond acceptors (Lipinski definition) is 4. The summed E-state index contributed by atoms with van der Waals surface area (Å²) in [7, 11) is 3.01. The Hall–Kier alpha value is 0.860. The molecular weight excluding hydrogens is 257 g/mol. The monoisotopic (exact) mass is 263 g/mol. The van der Waals surface area contributed by atoms with Crippen molar-refractivity contribution in [2.45, 2.75) is 5.50 Å². The third-order valence-corrected chi connectivity index (χ3v) is 2.69. The van der Waals surface area contributed by atoms with Gasteiger partial charge in [0.15, 0.2) is 0 Å². The fourth-order valence-corrected chi connectivity index (χ4v) is 1.83. The first kappa shape index (κ1) is 8.86. The first-order chi connectivity index (χ1) is 3.29. The molecule has 6 heteroatoms. The zero-order valence-electron chi connectivity index (χ0n) is 3.93. The summed E-state index contributed by atoms with van der Waals surface area (Å²) < 4.78 is 0. The van der Waals surface area contributed by atoms with E-state index in [4.69, 9.17) is 11.5 Å². The minimum absolute atomic E-state index is 0. The van der Waals surface area contributed by atoms with Crippen molar-refractivity contribution < 1.29 is 29.0 Å². The lowest BCUT2D eigenvalue weighted by atomic mass is 11.1. The van der Waals surface area contributed by atoms with Crippen molar-refractivity contribution in [2.75, 3.05) is 0 Å². The maximum absolute atomic E-state index is 5.36. The van der Waals surface area contributed by atoms with Gasteiger partial charge in [0.1, 0.15) is 0 Å². The fourth-order valence-electron chi connectivity index (χ4n) is 0.292. The summed E-state index contributed by atoms with van der Waals surface area (Å²) in [6.07, 6.45) is 0. The molecule has 0 aromatic rings. The van der Waals surface area contributed by atoms with Crippen LogP contribution in [0.4, 0.5) is 0 Å². The predicted molar refractivity (Wildman–Crippen MR) is 33.3 cm³/mol. The highest BCUT2D eigenvalue weighted by Gasteiger charge is 2.16. The molecule has 1 unspecified atom stereocenters. The lowest BCUT2D eigenvalue weighted by Crippen LogP contribution is -3.00. The Labute approximate surface area is 72.5 Å². The van der Waals surface area contributed by atoms with E-state index >= 15 is 0 Å². The number of halogens is 1. The zero-order valence-corrected chi connectivity index (χ0v) is 7.72. The van der Waals surface area contributed by atoms with Crippen LogP contribution in [0.1, 0.15) is 0 Å². The van der Waals surface area contributed by atoms with E-state index in [2.05, 4.69) is 4.99 Å². The van der Waals surface area contributed by atoms with Gasteiger partial charge in [-0.1, -0.05) is 0 Å². The molecule has 0 aliphatic carbocycles. The van der Waals surface area contributed by atoms with Crippen LogP contribution in [-0.2, 0) is 0 Å². The standard InChI is InChI=1S/C2H5N3S2.HI/c3-1-5-2(4)7-6-1;/h1H,3H2,(H2,4,5);1H. The van der Waals surface area contributed by atoms with E-state index in [-0.39, 0.29) is 29.5 Å². The maximum Gasteiger partial charge on any atom is 0.314 e. The fraction of sp³-hybridized carbons (Fsp3) is 0.500. The highest BCUT2D eigenvalue weighted by molar-refractivity contribution is 8.82. The summed E-state index contributed by atoms with van der Waals surface area (Å²) in [5, 5.41) is 0.706. The first-order valence-corrected chi connectivity index (χ1v) is 3.98. The van der Waals surface area contributed by atoms with Gasteiger partial charge in [-0.25, -0.2) is 4.99 Å². The molecule has 3 nitrogen and oxygen atoms in total. The number of amidine groups is 1. The van der Waals surface area contributed by atoms with Gasteiger partial charge in [-0.3, -0.25) is 11.5 Å². The second kappa shape index (κ2) is 3.80. The molecule has 1 atom stereocenters. The van der Waals surface area contributed by atoms with Crippen molar-refractivity contribution >= 4 is 26.8 Å². The molecule has 0 fully saturated rings. The van der Waals surface area contributed by atoms with Gasteiger partial charge < -0.3 is 24.0 Å². The maximum atomic E-state index is 5.36. The Bertz CT molecular complexity index is 105. The van der Waals surface area contributed by atoms with Crippen molar-refractivity contribution in [1.29, 1.82) is 0 Å². The van der Waals surface area contributed by atoms with Crippen molar-refractivity contribution in [3.8, 4) is 0 Å². The van der Waals surface area contributed by atoms with Gasteiger partial charge in [0.2, 0.25) is 5.50 Å². The second-order valence-corrected chi connectivity index (χ2v) is 3.49. The molecule has 0 aromatic carbocycles. The third-order valence-electron chi connectivity index (χ3n) is 0.526. The predicted octanol–water partition coefficient (Wildman–Crippen LogP) is -4.98. The number of nitrogens with one attached hydrogen (secondary N) is 1. The van der Waals surface area contributed by atoms with Gasteiger partial charge in [-0.2, -0.15) is 0 Å². The van der Waals surface area contributed by atoms with E-state index in [0.717, 1.165) is 0 Å². The quantitative estimate of drug-likeness (QED) is 0.302. The van der Waals surface area contributed by atoms with Crippen molar-refractivity contribution in [2.24, 2.45) is 11.5 Å². The molecule has 48 valence electrons. The molecule has 0 radical (unpaired) electrons. The molecule has 8 heavy (non-hydrogen) atoms. The van der Waals surface area contributed by atoms with Crippen molar-refractivity contribution in [1.82, 2.24) is 0 Å². The van der Waals surface area contributed by atoms with Crippen LogP contribution in [0.2, 0.25) is 0 Å². The van der Waals surface area contributed by atoms with Crippen LogP contribution in [0.3, 0.4) is 0 Å². The van der Waals surface area contributed by atoms with Gasteiger partial charge in [0.25, 0.3) is 0 Å². The van der Waals surface area contributed by atoms with E-state index in [0.29, 0.717) is 5.17 Å². The van der Waals surface area contributed by atoms with Crippen LogP contribution in [-0.4, -0.2) is 10.7 Å². The average molecular weight is 263 g/mol. The van der Waals surface area contributed by atoms with Crippen LogP contribution in [0.15, 0.2) is 0 Å². The second-order valence-electron chi connectivity index (χ2n) is 1.11. The van der Waals surface area contributed by atoms with Gasteiger partial charge >= 0.3 is 5.17 Å². The van der Waals surface area contributed by atoms with E-state index in [9.17, 15) is 0 Å². The Balaban J connectivity index is 0.000000490. The molecule has 1 aliphatic rings. The number of rotatable bonds is 0. The summed E-state index contributed by atoms with van der Waals surface area (Å²) in [5.74, 6) is 0. The third kappa shape index (κ3) is 2.42. The SMILES string of the molecule is NC1=[NH+]C(N)SS1.[I-]. The normalized spacial score (nSPS) is 26.6. The van der Waals surface area contributed by atoms with Crippen molar-refractivity contribution in [3.63, 3.8) is 0 Å².